The van der Waals surface area contributed by atoms with Crippen LogP contribution in [0.4, 0.5) is 4.39 Å². The van der Waals surface area contributed by atoms with E-state index in [9.17, 15) is 18.8 Å². The van der Waals surface area contributed by atoms with Gasteiger partial charge in [-0.1, -0.05) is 19.9 Å². The first kappa shape index (κ1) is 19.1. The van der Waals surface area contributed by atoms with Gasteiger partial charge in [0, 0.05) is 5.57 Å². The SMILES string of the molecule is C=CCC1=C(C)[C@@H](OC(=O)[C@@H]2[C@H](/C=C(/F)C(=O)OC)C2(C)C)CC1=O. The van der Waals surface area contributed by atoms with Crippen molar-refractivity contribution < 1.29 is 28.2 Å². The minimum Gasteiger partial charge on any atom is -0.464 e. The van der Waals surface area contributed by atoms with Crippen LogP contribution in [0.5, 0.6) is 0 Å². The van der Waals surface area contributed by atoms with Crippen LogP contribution >= 0.6 is 0 Å². The van der Waals surface area contributed by atoms with Crippen molar-refractivity contribution in [3.8, 4) is 0 Å². The number of carbonyl (C=O) groups is 3. The number of esters is 2. The van der Waals surface area contributed by atoms with E-state index < -0.39 is 41.1 Å². The third-order valence-corrected chi connectivity index (χ3v) is 5.14. The minimum atomic E-state index is -1.07. The molecule has 0 aliphatic heterocycles. The van der Waals surface area contributed by atoms with Gasteiger partial charge < -0.3 is 9.47 Å². The smallest absolute Gasteiger partial charge is 0.366 e. The molecular weight excluding hydrogens is 327 g/mol. The lowest BCUT2D eigenvalue weighted by Gasteiger charge is -2.13. The summed E-state index contributed by atoms with van der Waals surface area (Å²) >= 11 is 0. The lowest BCUT2D eigenvalue weighted by atomic mass is 10.1. The van der Waals surface area contributed by atoms with Crippen molar-refractivity contribution in [3.63, 3.8) is 0 Å². The lowest BCUT2D eigenvalue weighted by Crippen LogP contribution is -2.20. The monoisotopic (exact) mass is 350 g/mol. The fourth-order valence-corrected chi connectivity index (χ4v) is 3.38. The maximum Gasteiger partial charge on any atom is 0.366 e. The predicted molar refractivity (Wildman–Crippen MR) is 89.0 cm³/mol. The average Bonchev–Trinajstić information content (AvgIpc) is 2.99. The summed E-state index contributed by atoms with van der Waals surface area (Å²) in [7, 11) is 1.09. The normalized spacial score (nSPS) is 28.0. The quantitative estimate of drug-likeness (QED) is 0.418. The number of halogens is 1. The van der Waals surface area contributed by atoms with Crippen molar-refractivity contribution >= 4 is 17.7 Å². The number of hydrogen-bond acceptors (Lipinski definition) is 5. The molecule has 2 aliphatic rings. The topological polar surface area (TPSA) is 69.7 Å². The zero-order chi connectivity index (χ0) is 18.9. The maximum atomic E-state index is 13.7. The molecule has 0 aromatic carbocycles. The van der Waals surface area contributed by atoms with Gasteiger partial charge in [-0.2, -0.15) is 4.39 Å². The average molecular weight is 350 g/mol. The molecule has 0 saturated heterocycles. The molecule has 6 heteroatoms. The van der Waals surface area contributed by atoms with Gasteiger partial charge in [0.05, 0.1) is 19.4 Å². The highest BCUT2D eigenvalue weighted by Crippen LogP contribution is 2.60. The molecule has 1 saturated carbocycles. The molecular formula is C19H23FO5. The molecule has 1 fully saturated rings. The molecule has 0 aromatic heterocycles. The van der Waals surface area contributed by atoms with E-state index in [-0.39, 0.29) is 12.2 Å². The molecule has 0 spiro atoms. The first-order chi connectivity index (χ1) is 11.6. The minimum absolute atomic E-state index is 0.0431. The second kappa shape index (κ2) is 6.94. The summed E-state index contributed by atoms with van der Waals surface area (Å²) in [6.45, 7) is 9.00. The molecule has 0 radical (unpaired) electrons. The summed E-state index contributed by atoms with van der Waals surface area (Å²) in [4.78, 5) is 35.7. The van der Waals surface area contributed by atoms with E-state index in [0.29, 0.717) is 12.0 Å². The van der Waals surface area contributed by atoms with Gasteiger partial charge >= 0.3 is 11.9 Å². The summed E-state index contributed by atoms with van der Waals surface area (Å²) in [6, 6.07) is 0. The van der Waals surface area contributed by atoms with Crippen molar-refractivity contribution in [2.45, 2.75) is 39.7 Å². The largest absolute Gasteiger partial charge is 0.464 e. The predicted octanol–water partition coefficient (Wildman–Crippen LogP) is 3.06. The Kier molecular flexibility index (Phi) is 5.30. The van der Waals surface area contributed by atoms with Crippen LogP contribution in [0.2, 0.25) is 0 Å². The van der Waals surface area contributed by atoms with Crippen LogP contribution in [0.15, 0.2) is 35.7 Å². The Morgan fingerprint density at radius 2 is 2.04 bits per heavy atom. The van der Waals surface area contributed by atoms with E-state index in [0.717, 1.165) is 18.8 Å². The van der Waals surface area contributed by atoms with Crippen LogP contribution in [0, 0.1) is 17.3 Å². The fraction of sp³-hybridized carbons (Fsp3) is 0.526. The highest BCUT2D eigenvalue weighted by Gasteiger charge is 2.62. The number of Topliss-reactive ketones (excluding diaryl/α,β-unsaturated/α-hetero) is 1. The first-order valence-electron chi connectivity index (χ1n) is 8.15. The van der Waals surface area contributed by atoms with Gasteiger partial charge in [-0.05, 0) is 36.3 Å². The molecule has 0 aromatic rings. The van der Waals surface area contributed by atoms with Gasteiger partial charge in [0.2, 0.25) is 5.83 Å². The second-order valence-electron chi connectivity index (χ2n) is 7.04. The number of rotatable bonds is 6. The fourth-order valence-electron chi connectivity index (χ4n) is 3.38. The van der Waals surface area contributed by atoms with Gasteiger partial charge in [-0.3, -0.25) is 9.59 Å². The number of ether oxygens (including phenoxy) is 2. The van der Waals surface area contributed by atoms with Crippen molar-refractivity contribution in [2.75, 3.05) is 7.11 Å². The van der Waals surface area contributed by atoms with Crippen LogP contribution in [0.1, 0.15) is 33.6 Å². The van der Waals surface area contributed by atoms with Crippen LogP contribution in [-0.4, -0.2) is 30.9 Å². The molecule has 0 heterocycles. The maximum absolute atomic E-state index is 13.7. The molecule has 136 valence electrons. The summed E-state index contributed by atoms with van der Waals surface area (Å²) < 4.78 is 23.5. The standard InChI is InChI=1S/C19H23FO5/c1-6-7-11-10(2)15(9-14(11)21)25-18(23)16-12(19(16,3)4)8-13(20)17(22)24-5/h6,8,12,15-16H,1,7,9H2,2-5H3/b13-8+/t12-,15-,16-/m0/s1. The molecule has 0 unspecified atom stereocenters. The van der Waals surface area contributed by atoms with Crippen LogP contribution < -0.4 is 0 Å². The highest BCUT2D eigenvalue weighted by molar-refractivity contribution is 6.00. The number of allylic oxidation sites excluding steroid dienone is 3. The number of ketones is 1. The number of methoxy groups -OCH3 is 1. The Labute approximate surface area is 146 Å². The van der Waals surface area contributed by atoms with Crippen LogP contribution in [0.3, 0.4) is 0 Å². The highest BCUT2D eigenvalue weighted by atomic mass is 19.1. The Morgan fingerprint density at radius 3 is 2.60 bits per heavy atom. The Bertz CT molecular complexity index is 686. The molecule has 0 N–H and O–H groups in total. The van der Waals surface area contributed by atoms with Crippen molar-refractivity contribution in [1.82, 2.24) is 0 Å². The molecule has 2 rings (SSSR count). The molecule has 2 aliphatic carbocycles. The lowest BCUT2D eigenvalue weighted by molar-refractivity contribution is -0.150. The third kappa shape index (κ3) is 3.57. The van der Waals surface area contributed by atoms with Crippen LogP contribution in [0.25, 0.3) is 0 Å². The molecule has 0 bridgehead atoms. The molecule has 0 amide bonds. The molecule has 3 atom stereocenters. The van der Waals surface area contributed by atoms with Gasteiger partial charge in [-0.25, -0.2) is 4.79 Å². The molecule has 5 nitrogen and oxygen atoms in total. The van der Waals surface area contributed by atoms with Crippen molar-refractivity contribution in [2.24, 2.45) is 17.3 Å². The zero-order valence-corrected chi connectivity index (χ0v) is 14.9. The van der Waals surface area contributed by atoms with Crippen molar-refractivity contribution in [1.29, 1.82) is 0 Å². The van der Waals surface area contributed by atoms with Gasteiger partial charge in [-0.15, -0.1) is 6.58 Å². The number of hydrogen-bond donors (Lipinski definition) is 0. The Morgan fingerprint density at radius 1 is 1.40 bits per heavy atom. The van der Waals surface area contributed by atoms with E-state index >= 15 is 0 Å². The van der Waals surface area contributed by atoms with E-state index in [2.05, 4.69) is 11.3 Å². The summed E-state index contributed by atoms with van der Waals surface area (Å²) in [5.74, 6) is -3.62. The van der Waals surface area contributed by atoms with E-state index in [1.807, 2.05) is 0 Å². The van der Waals surface area contributed by atoms with Crippen molar-refractivity contribution in [3.05, 3.63) is 35.7 Å². The summed E-state index contributed by atoms with van der Waals surface area (Å²) in [5.41, 5.74) is 0.854. The first-order valence-corrected chi connectivity index (χ1v) is 8.15. The third-order valence-electron chi connectivity index (χ3n) is 5.14. The van der Waals surface area contributed by atoms with Gasteiger partial charge in [0.1, 0.15) is 6.10 Å². The Hall–Kier alpha value is -2.24. The van der Waals surface area contributed by atoms with E-state index in [1.165, 1.54) is 0 Å². The van der Waals surface area contributed by atoms with Crippen LogP contribution in [-0.2, 0) is 23.9 Å². The van der Waals surface area contributed by atoms with E-state index in [1.54, 1.807) is 26.8 Å². The summed E-state index contributed by atoms with van der Waals surface area (Å²) in [6.07, 6.45) is 2.75. The van der Waals surface area contributed by atoms with E-state index in [4.69, 9.17) is 4.74 Å². The second-order valence-corrected chi connectivity index (χ2v) is 7.04. The molecule has 25 heavy (non-hydrogen) atoms. The number of carbonyl (C=O) groups excluding carboxylic acids is 3. The van der Waals surface area contributed by atoms with Gasteiger partial charge in [0.15, 0.2) is 5.78 Å². The summed E-state index contributed by atoms with van der Waals surface area (Å²) in [5, 5.41) is 0. The Balaban J connectivity index is 2.08. The van der Waals surface area contributed by atoms with Gasteiger partial charge in [0.25, 0.3) is 0 Å². The zero-order valence-electron chi connectivity index (χ0n) is 14.9.